The summed E-state index contributed by atoms with van der Waals surface area (Å²) >= 11 is 0. The Labute approximate surface area is 125 Å². The van der Waals surface area contributed by atoms with Gasteiger partial charge in [-0.2, -0.15) is 23.7 Å². The van der Waals surface area contributed by atoms with E-state index in [0.717, 1.165) is 6.07 Å². The predicted molar refractivity (Wildman–Crippen MR) is 76.1 cm³/mol. The molecule has 0 radical (unpaired) electrons. The van der Waals surface area contributed by atoms with E-state index in [0.29, 0.717) is 11.1 Å². The normalized spacial score (nSPS) is 10.4. The van der Waals surface area contributed by atoms with Crippen molar-refractivity contribution in [1.82, 2.24) is 0 Å². The van der Waals surface area contributed by atoms with Crippen LogP contribution in [0, 0.1) is 22.7 Å². The van der Waals surface area contributed by atoms with E-state index in [9.17, 15) is 13.2 Å². The predicted octanol–water partition coefficient (Wildman–Crippen LogP) is 4.80. The van der Waals surface area contributed by atoms with E-state index < -0.39 is 11.7 Å². The van der Waals surface area contributed by atoms with Gasteiger partial charge in [-0.05, 0) is 28.8 Å². The van der Waals surface area contributed by atoms with Crippen LogP contribution in [0.2, 0.25) is 0 Å². The smallest absolute Gasteiger partial charge is 0.192 e. The minimum Gasteiger partial charge on any atom is -0.192 e. The monoisotopic (exact) mass is 298 g/mol. The number of halogens is 3. The largest absolute Gasteiger partial charge is 0.417 e. The average molecular weight is 298 g/mol. The fourth-order valence-corrected chi connectivity index (χ4v) is 2.00. The number of hydrogen-bond acceptors (Lipinski definition) is 2. The Morgan fingerprint density at radius 3 is 2.05 bits per heavy atom. The lowest BCUT2D eigenvalue weighted by molar-refractivity contribution is -0.137. The molecule has 2 nitrogen and oxygen atoms in total. The lowest BCUT2D eigenvalue weighted by Crippen LogP contribution is -2.06. The van der Waals surface area contributed by atoms with Gasteiger partial charge in [0, 0.05) is 0 Å². The summed E-state index contributed by atoms with van der Waals surface area (Å²) < 4.78 is 39.0. The third kappa shape index (κ3) is 3.34. The van der Waals surface area contributed by atoms with Crippen molar-refractivity contribution in [3.05, 3.63) is 65.2 Å². The highest BCUT2D eigenvalue weighted by molar-refractivity contribution is 5.70. The van der Waals surface area contributed by atoms with E-state index in [4.69, 9.17) is 10.5 Å². The molecule has 0 saturated heterocycles. The molecule has 0 aromatic heterocycles. The van der Waals surface area contributed by atoms with Crippen LogP contribution in [0.15, 0.2) is 54.1 Å². The van der Waals surface area contributed by atoms with Gasteiger partial charge in [0.15, 0.2) is 0 Å². The summed E-state index contributed by atoms with van der Waals surface area (Å²) in [7, 11) is 0. The van der Waals surface area contributed by atoms with Crippen LogP contribution in [0.5, 0.6) is 0 Å². The zero-order chi connectivity index (χ0) is 16.2. The van der Waals surface area contributed by atoms with Gasteiger partial charge in [0.25, 0.3) is 0 Å². The van der Waals surface area contributed by atoms with Crippen LogP contribution in [-0.2, 0) is 6.18 Å². The number of nitrogens with zero attached hydrogens (tertiary/aromatic N) is 2. The highest BCUT2D eigenvalue weighted by Gasteiger charge is 2.33. The van der Waals surface area contributed by atoms with Crippen molar-refractivity contribution in [1.29, 1.82) is 10.5 Å². The highest BCUT2D eigenvalue weighted by atomic mass is 19.4. The fraction of sp³-hybridized carbons (Fsp3) is 0.0588. The molecule has 0 bridgehead atoms. The summed E-state index contributed by atoms with van der Waals surface area (Å²) in [4.78, 5) is 0. The lowest BCUT2D eigenvalue weighted by Gasteiger charge is -2.12. The Morgan fingerprint density at radius 1 is 0.909 bits per heavy atom. The number of nitriles is 2. The first-order valence-electron chi connectivity index (χ1n) is 6.24. The van der Waals surface area contributed by atoms with Crippen molar-refractivity contribution in [2.75, 3.05) is 0 Å². The minimum atomic E-state index is -4.43. The molecule has 0 heterocycles. The maximum absolute atomic E-state index is 13.0. The molecule has 0 amide bonds. The summed E-state index contributed by atoms with van der Waals surface area (Å²) in [6, 6.07) is 15.0. The Hall–Kier alpha value is -3.05. The average Bonchev–Trinajstić information content (AvgIpc) is 2.52. The van der Waals surface area contributed by atoms with E-state index in [2.05, 4.69) is 0 Å². The summed E-state index contributed by atoms with van der Waals surface area (Å²) in [5.41, 5.74) is 0.315. The van der Waals surface area contributed by atoms with E-state index >= 15 is 0 Å². The number of benzene rings is 2. The zero-order valence-corrected chi connectivity index (χ0v) is 11.2. The Bertz CT molecular complexity index is 772. The molecule has 22 heavy (non-hydrogen) atoms. The summed E-state index contributed by atoms with van der Waals surface area (Å²) in [5.74, 6) is 0. The number of alkyl halides is 3. The maximum atomic E-state index is 13.0. The first-order valence-corrected chi connectivity index (χ1v) is 6.24. The molecule has 0 aliphatic rings. The second-order valence-electron chi connectivity index (χ2n) is 4.45. The molecule has 2 rings (SSSR count). The molecule has 0 unspecified atom stereocenters. The van der Waals surface area contributed by atoms with Gasteiger partial charge in [-0.1, -0.05) is 42.5 Å². The van der Waals surface area contributed by atoms with Crippen LogP contribution in [0.4, 0.5) is 13.2 Å². The topological polar surface area (TPSA) is 47.6 Å². The quantitative estimate of drug-likeness (QED) is 0.747. The van der Waals surface area contributed by atoms with E-state index in [1.807, 2.05) is 0 Å². The van der Waals surface area contributed by atoms with Gasteiger partial charge in [-0.25, -0.2) is 0 Å². The zero-order valence-electron chi connectivity index (χ0n) is 11.2. The lowest BCUT2D eigenvalue weighted by atomic mass is 9.98. The van der Waals surface area contributed by atoms with E-state index in [1.54, 1.807) is 30.3 Å². The van der Waals surface area contributed by atoms with Gasteiger partial charge < -0.3 is 0 Å². The van der Waals surface area contributed by atoms with Gasteiger partial charge in [-0.15, -0.1) is 0 Å². The third-order valence-electron chi connectivity index (χ3n) is 3.01. The Kier molecular flexibility index (Phi) is 4.29. The summed E-state index contributed by atoms with van der Waals surface area (Å²) in [5, 5.41) is 17.4. The molecular weight excluding hydrogens is 289 g/mol. The number of rotatable bonds is 2. The second kappa shape index (κ2) is 6.15. The standard InChI is InChI=1S/C17H9F3N2/c18-17(19,20)16-4-2-1-3-15(16)14-7-5-12(6-8-14)9-13(10-21)11-22/h1-9H. The molecule has 2 aromatic rings. The third-order valence-corrected chi connectivity index (χ3v) is 3.01. The molecular formula is C17H9F3N2. The van der Waals surface area contributed by atoms with E-state index in [-0.39, 0.29) is 11.1 Å². The second-order valence-corrected chi connectivity index (χ2v) is 4.45. The first-order chi connectivity index (χ1) is 10.5. The van der Waals surface area contributed by atoms with Gasteiger partial charge >= 0.3 is 6.18 Å². The minimum absolute atomic E-state index is 0.0663. The van der Waals surface area contributed by atoms with Crippen molar-refractivity contribution in [3.63, 3.8) is 0 Å². The van der Waals surface area contributed by atoms with Crippen LogP contribution in [-0.4, -0.2) is 0 Å². The van der Waals surface area contributed by atoms with Crippen LogP contribution >= 0.6 is 0 Å². The van der Waals surface area contributed by atoms with Gasteiger partial charge in [-0.3, -0.25) is 0 Å². The molecule has 0 aliphatic heterocycles. The molecule has 0 fully saturated rings. The molecule has 0 aliphatic carbocycles. The first kappa shape index (κ1) is 15.3. The van der Waals surface area contributed by atoms with Gasteiger partial charge in [0.1, 0.15) is 17.7 Å². The van der Waals surface area contributed by atoms with Crippen molar-refractivity contribution < 1.29 is 13.2 Å². The van der Waals surface area contributed by atoms with Gasteiger partial charge in [0.05, 0.1) is 5.56 Å². The molecule has 0 atom stereocenters. The summed E-state index contributed by atoms with van der Waals surface area (Å²) in [6.07, 6.45) is -3.05. The van der Waals surface area contributed by atoms with E-state index in [1.165, 1.54) is 30.3 Å². The van der Waals surface area contributed by atoms with Crippen LogP contribution < -0.4 is 0 Å². The molecule has 108 valence electrons. The molecule has 0 N–H and O–H groups in total. The van der Waals surface area contributed by atoms with Crippen molar-refractivity contribution in [3.8, 4) is 23.3 Å². The van der Waals surface area contributed by atoms with Crippen LogP contribution in [0.25, 0.3) is 17.2 Å². The van der Waals surface area contributed by atoms with Crippen molar-refractivity contribution >= 4 is 6.08 Å². The highest BCUT2D eigenvalue weighted by Crippen LogP contribution is 2.36. The Morgan fingerprint density at radius 2 is 1.50 bits per heavy atom. The fourth-order valence-electron chi connectivity index (χ4n) is 2.00. The van der Waals surface area contributed by atoms with Crippen molar-refractivity contribution in [2.45, 2.75) is 6.18 Å². The molecule has 5 heteroatoms. The molecule has 0 saturated carbocycles. The Balaban J connectivity index is 2.44. The van der Waals surface area contributed by atoms with Crippen LogP contribution in [0.1, 0.15) is 11.1 Å². The molecule has 2 aromatic carbocycles. The molecule has 0 spiro atoms. The van der Waals surface area contributed by atoms with Crippen LogP contribution in [0.3, 0.4) is 0 Å². The van der Waals surface area contributed by atoms with Gasteiger partial charge in [0.2, 0.25) is 0 Å². The summed E-state index contributed by atoms with van der Waals surface area (Å²) in [6.45, 7) is 0. The number of allylic oxidation sites excluding steroid dienone is 1. The SMILES string of the molecule is N#CC(C#N)=Cc1ccc(-c2ccccc2C(F)(F)F)cc1. The van der Waals surface area contributed by atoms with Crippen molar-refractivity contribution in [2.24, 2.45) is 0 Å². The maximum Gasteiger partial charge on any atom is 0.417 e. The number of hydrogen-bond donors (Lipinski definition) is 0.